The Labute approximate surface area is 121 Å². The van der Waals surface area contributed by atoms with Crippen LogP contribution in [0.5, 0.6) is 0 Å². The smallest absolute Gasteiger partial charge is 0.307 e. The molecule has 2 fully saturated rings. The first kappa shape index (κ1) is 14.9. The van der Waals surface area contributed by atoms with Crippen molar-refractivity contribution in [1.82, 2.24) is 10.2 Å². The Morgan fingerprint density at radius 1 is 1.40 bits per heavy atom. The third-order valence-electron chi connectivity index (χ3n) is 3.31. The monoisotopic (exact) mass is 298 g/mol. The number of methoxy groups -OCH3 is 1. The third kappa shape index (κ3) is 3.75. The lowest BCUT2D eigenvalue weighted by molar-refractivity contribution is -0.141. The van der Waals surface area contributed by atoms with E-state index in [1.165, 1.54) is 24.9 Å². The number of esters is 1. The van der Waals surface area contributed by atoms with Gasteiger partial charge in [-0.25, -0.2) is 0 Å². The van der Waals surface area contributed by atoms with E-state index in [1.54, 1.807) is 4.90 Å². The maximum Gasteiger partial charge on any atom is 0.307 e. The number of likely N-dealkylation sites (tertiary alicyclic amines) is 1. The van der Waals surface area contributed by atoms with E-state index in [1.807, 2.05) is 0 Å². The molecule has 6 nitrogen and oxygen atoms in total. The van der Waals surface area contributed by atoms with Gasteiger partial charge >= 0.3 is 5.97 Å². The van der Waals surface area contributed by atoms with Gasteiger partial charge in [-0.3, -0.25) is 14.4 Å². The lowest BCUT2D eigenvalue weighted by Gasteiger charge is -2.25. The maximum atomic E-state index is 12.0. The van der Waals surface area contributed by atoms with E-state index in [-0.39, 0.29) is 18.2 Å². The molecule has 0 bridgehead atoms. The van der Waals surface area contributed by atoms with E-state index < -0.39 is 11.2 Å². The van der Waals surface area contributed by atoms with E-state index in [4.69, 9.17) is 0 Å². The van der Waals surface area contributed by atoms with Crippen LogP contribution in [-0.4, -0.2) is 48.1 Å². The summed E-state index contributed by atoms with van der Waals surface area (Å²) in [4.78, 5) is 36.7. The van der Waals surface area contributed by atoms with Crippen molar-refractivity contribution >= 4 is 29.5 Å². The van der Waals surface area contributed by atoms with Crippen LogP contribution in [0.15, 0.2) is 11.1 Å². The number of nitrogens with one attached hydrogen (secondary N) is 1. The molecule has 0 aliphatic carbocycles. The molecule has 0 aromatic heterocycles. The number of rotatable bonds is 3. The normalized spacial score (nSPS) is 24.6. The summed E-state index contributed by atoms with van der Waals surface area (Å²) >= 11 is 1.21. The Hall–Kier alpha value is -1.50. The molecular weight excluding hydrogens is 280 g/mol. The number of amides is 2. The summed E-state index contributed by atoms with van der Waals surface area (Å²) in [5.74, 6) is -0.759. The molecular formula is C13H18N2O4S. The average molecular weight is 298 g/mol. The predicted octanol–water partition coefficient (Wildman–Crippen LogP) is 0.635. The zero-order valence-electron chi connectivity index (χ0n) is 11.4. The number of carbonyl (C=O) groups excluding carboxylic acids is 3. The van der Waals surface area contributed by atoms with Crippen molar-refractivity contribution < 1.29 is 19.1 Å². The Morgan fingerprint density at radius 3 is 2.75 bits per heavy atom. The van der Waals surface area contributed by atoms with Crippen LogP contribution in [-0.2, 0) is 19.1 Å². The summed E-state index contributed by atoms with van der Waals surface area (Å²) in [6, 6.07) is 0. The standard InChI is InChI=1S/C13H18N2O4S/c1-19-12(17)7-9-13(18)14-10(20-9)8-11(16)15-5-3-2-4-6-15/h8-9H,2-7H2,1H3,(H,14,18)/b10-8+/t9-/m1/s1. The van der Waals surface area contributed by atoms with Crippen molar-refractivity contribution in [2.24, 2.45) is 0 Å². The molecule has 2 aliphatic rings. The molecule has 20 heavy (non-hydrogen) atoms. The second-order valence-corrected chi connectivity index (χ2v) is 6.02. The number of carbonyl (C=O) groups is 3. The molecule has 110 valence electrons. The van der Waals surface area contributed by atoms with Crippen LogP contribution in [0.2, 0.25) is 0 Å². The van der Waals surface area contributed by atoms with Crippen molar-refractivity contribution in [3.8, 4) is 0 Å². The van der Waals surface area contributed by atoms with Crippen molar-refractivity contribution in [3.05, 3.63) is 11.1 Å². The molecule has 2 heterocycles. The first-order chi connectivity index (χ1) is 9.60. The minimum absolute atomic E-state index is 0.0161. The van der Waals surface area contributed by atoms with E-state index in [0.29, 0.717) is 5.03 Å². The minimum Gasteiger partial charge on any atom is -0.469 e. The van der Waals surface area contributed by atoms with Crippen molar-refractivity contribution in [2.75, 3.05) is 20.2 Å². The molecule has 0 spiro atoms. The summed E-state index contributed by atoms with van der Waals surface area (Å²) in [7, 11) is 1.29. The fourth-order valence-corrected chi connectivity index (χ4v) is 3.22. The van der Waals surface area contributed by atoms with Gasteiger partial charge in [-0.15, -0.1) is 0 Å². The first-order valence-corrected chi connectivity index (χ1v) is 7.53. The predicted molar refractivity (Wildman–Crippen MR) is 74.7 cm³/mol. The summed E-state index contributed by atoms with van der Waals surface area (Å²) in [6.07, 6.45) is 4.68. The molecule has 2 rings (SSSR count). The molecule has 2 aliphatic heterocycles. The van der Waals surface area contributed by atoms with Crippen LogP contribution in [0, 0.1) is 0 Å². The molecule has 0 radical (unpaired) electrons. The SMILES string of the molecule is COC(=O)C[C@H]1S/C(=C/C(=O)N2CCCCC2)NC1=O. The van der Waals surface area contributed by atoms with Crippen LogP contribution in [0.1, 0.15) is 25.7 Å². The molecule has 0 unspecified atom stereocenters. The Balaban J connectivity index is 1.93. The molecule has 0 aromatic rings. The third-order valence-corrected chi connectivity index (χ3v) is 4.45. The highest BCUT2D eigenvalue weighted by Gasteiger charge is 2.32. The van der Waals surface area contributed by atoms with Crippen LogP contribution in [0.4, 0.5) is 0 Å². The van der Waals surface area contributed by atoms with Crippen LogP contribution in [0.3, 0.4) is 0 Å². The van der Waals surface area contributed by atoms with Gasteiger partial charge < -0.3 is 15.0 Å². The highest BCUT2D eigenvalue weighted by molar-refractivity contribution is 8.04. The highest BCUT2D eigenvalue weighted by atomic mass is 32.2. The van der Waals surface area contributed by atoms with Gasteiger partial charge in [0.1, 0.15) is 5.25 Å². The Morgan fingerprint density at radius 2 is 2.10 bits per heavy atom. The average Bonchev–Trinajstić information content (AvgIpc) is 2.79. The number of piperidine rings is 1. The van der Waals surface area contributed by atoms with Crippen molar-refractivity contribution in [2.45, 2.75) is 30.9 Å². The van der Waals surface area contributed by atoms with E-state index in [0.717, 1.165) is 32.4 Å². The van der Waals surface area contributed by atoms with Gasteiger partial charge in [-0.2, -0.15) is 0 Å². The molecule has 2 amide bonds. The van der Waals surface area contributed by atoms with Crippen LogP contribution < -0.4 is 5.32 Å². The molecule has 1 atom stereocenters. The largest absolute Gasteiger partial charge is 0.469 e. The zero-order chi connectivity index (χ0) is 14.5. The van der Waals surface area contributed by atoms with Gasteiger partial charge in [0.05, 0.1) is 18.6 Å². The summed E-state index contributed by atoms with van der Waals surface area (Å²) in [5.41, 5.74) is 0. The maximum absolute atomic E-state index is 12.0. The van der Waals surface area contributed by atoms with Gasteiger partial charge in [0.15, 0.2) is 0 Å². The van der Waals surface area contributed by atoms with Crippen molar-refractivity contribution in [1.29, 1.82) is 0 Å². The number of ether oxygens (including phenoxy) is 1. The first-order valence-electron chi connectivity index (χ1n) is 6.65. The van der Waals surface area contributed by atoms with Gasteiger partial charge in [-0.05, 0) is 19.3 Å². The van der Waals surface area contributed by atoms with Crippen LogP contribution >= 0.6 is 11.8 Å². The second-order valence-electron chi connectivity index (χ2n) is 4.77. The van der Waals surface area contributed by atoms with Crippen molar-refractivity contribution in [3.63, 3.8) is 0 Å². The second kappa shape index (κ2) is 6.78. The molecule has 2 saturated heterocycles. The summed E-state index contributed by atoms with van der Waals surface area (Å²) < 4.78 is 4.55. The molecule has 1 N–H and O–H groups in total. The zero-order valence-corrected chi connectivity index (χ0v) is 12.2. The summed E-state index contributed by atoms with van der Waals surface area (Å²) in [6.45, 7) is 1.54. The molecule has 0 aromatic carbocycles. The van der Waals surface area contributed by atoms with Gasteiger partial charge in [0, 0.05) is 19.2 Å². The number of nitrogens with zero attached hydrogens (tertiary/aromatic N) is 1. The van der Waals surface area contributed by atoms with Crippen LogP contribution in [0.25, 0.3) is 0 Å². The molecule has 7 heteroatoms. The van der Waals surface area contributed by atoms with E-state index in [9.17, 15) is 14.4 Å². The molecule has 0 saturated carbocycles. The van der Waals surface area contributed by atoms with E-state index in [2.05, 4.69) is 10.1 Å². The van der Waals surface area contributed by atoms with Gasteiger partial charge in [0.2, 0.25) is 11.8 Å². The van der Waals surface area contributed by atoms with E-state index >= 15 is 0 Å². The summed E-state index contributed by atoms with van der Waals surface area (Å²) in [5, 5.41) is 2.64. The number of hydrogen-bond acceptors (Lipinski definition) is 5. The Kier molecular flexibility index (Phi) is 5.05. The number of thioether (sulfide) groups is 1. The highest BCUT2D eigenvalue weighted by Crippen LogP contribution is 2.29. The fraction of sp³-hybridized carbons (Fsp3) is 0.615. The lowest BCUT2D eigenvalue weighted by Crippen LogP contribution is -2.34. The number of hydrogen-bond donors (Lipinski definition) is 1. The lowest BCUT2D eigenvalue weighted by atomic mass is 10.1. The topological polar surface area (TPSA) is 75.7 Å². The van der Waals surface area contributed by atoms with Gasteiger partial charge in [-0.1, -0.05) is 11.8 Å². The van der Waals surface area contributed by atoms with Gasteiger partial charge in [0.25, 0.3) is 0 Å². The minimum atomic E-state index is -0.511. The quantitative estimate of drug-likeness (QED) is 0.611. The Bertz CT molecular complexity index is 444. The fourth-order valence-electron chi connectivity index (χ4n) is 2.20.